The van der Waals surface area contributed by atoms with E-state index >= 15 is 0 Å². The second-order valence-corrected chi connectivity index (χ2v) is 6.06. The standard InChI is InChI=1S/C12H21N3O3/c1-11(2,3)18-10(17)15-5-4-12(9(16)6-15)7-13-14-8-12/h13-14H,4-8H2,1-3H3. The van der Waals surface area contributed by atoms with Crippen molar-refractivity contribution in [3.63, 3.8) is 0 Å². The molecule has 0 atom stereocenters. The Balaban J connectivity index is 1.96. The molecule has 0 unspecified atom stereocenters. The van der Waals surface area contributed by atoms with E-state index in [1.54, 1.807) is 0 Å². The zero-order valence-corrected chi connectivity index (χ0v) is 11.2. The van der Waals surface area contributed by atoms with Crippen LogP contribution < -0.4 is 10.9 Å². The highest BCUT2D eigenvalue weighted by Gasteiger charge is 2.45. The number of hydrazine groups is 1. The molecule has 0 aromatic heterocycles. The molecule has 2 rings (SSSR count). The maximum Gasteiger partial charge on any atom is 0.410 e. The third-order valence-electron chi connectivity index (χ3n) is 3.42. The second kappa shape index (κ2) is 4.51. The van der Waals surface area contributed by atoms with E-state index in [9.17, 15) is 9.59 Å². The molecule has 0 aliphatic carbocycles. The number of nitrogens with one attached hydrogen (secondary N) is 2. The van der Waals surface area contributed by atoms with E-state index in [-0.39, 0.29) is 17.7 Å². The van der Waals surface area contributed by atoms with Gasteiger partial charge < -0.3 is 9.64 Å². The van der Waals surface area contributed by atoms with Crippen LogP contribution in [0.3, 0.4) is 0 Å². The summed E-state index contributed by atoms with van der Waals surface area (Å²) in [6.45, 7) is 7.49. The van der Waals surface area contributed by atoms with E-state index in [4.69, 9.17) is 4.74 Å². The molecule has 0 aromatic rings. The van der Waals surface area contributed by atoms with Crippen molar-refractivity contribution in [3.05, 3.63) is 0 Å². The van der Waals surface area contributed by atoms with Gasteiger partial charge in [-0.1, -0.05) is 0 Å². The molecule has 0 saturated carbocycles. The largest absolute Gasteiger partial charge is 0.444 e. The van der Waals surface area contributed by atoms with E-state index in [0.717, 1.165) is 0 Å². The predicted octanol–water partition coefficient (Wildman–Crippen LogP) is 0.290. The first kappa shape index (κ1) is 13.3. The Labute approximate surface area is 107 Å². The monoisotopic (exact) mass is 255 g/mol. The van der Waals surface area contributed by atoms with Crippen LogP contribution in [0.15, 0.2) is 0 Å². The number of rotatable bonds is 0. The molecule has 6 heteroatoms. The second-order valence-electron chi connectivity index (χ2n) is 6.06. The lowest BCUT2D eigenvalue weighted by Gasteiger charge is -2.37. The molecular formula is C12H21N3O3. The number of amides is 1. The fourth-order valence-electron chi connectivity index (χ4n) is 2.29. The van der Waals surface area contributed by atoms with Crippen molar-refractivity contribution in [2.24, 2.45) is 5.41 Å². The predicted molar refractivity (Wildman–Crippen MR) is 65.9 cm³/mol. The molecular weight excluding hydrogens is 234 g/mol. The van der Waals surface area contributed by atoms with Crippen molar-refractivity contribution in [2.45, 2.75) is 32.8 Å². The molecule has 2 saturated heterocycles. The third kappa shape index (κ3) is 2.64. The number of hydrogen-bond donors (Lipinski definition) is 2. The number of piperidine rings is 1. The first-order valence-corrected chi connectivity index (χ1v) is 6.29. The highest BCUT2D eigenvalue weighted by Crippen LogP contribution is 2.29. The molecule has 2 fully saturated rings. The van der Waals surface area contributed by atoms with Gasteiger partial charge in [0, 0.05) is 19.6 Å². The quantitative estimate of drug-likeness (QED) is 0.651. The highest BCUT2D eigenvalue weighted by molar-refractivity contribution is 5.91. The molecule has 2 aliphatic heterocycles. The minimum atomic E-state index is -0.522. The van der Waals surface area contributed by atoms with Gasteiger partial charge in [0.15, 0.2) is 5.78 Å². The van der Waals surface area contributed by atoms with Crippen LogP contribution in [0.2, 0.25) is 0 Å². The van der Waals surface area contributed by atoms with Crippen LogP contribution >= 0.6 is 0 Å². The Kier molecular flexibility index (Phi) is 3.33. The lowest BCUT2D eigenvalue weighted by molar-refractivity contribution is -0.132. The Morgan fingerprint density at radius 2 is 1.94 bits per heavy atom. The average molecular weight is 255 g/mol. The third-order valence-corrected chi connectivity index (χ3v) is 3.42. The van der Waals surface area contributed by atoms with Crippen LogP contribution in [0, 0.1) is 5.41 Å². The molecule has 2 N–H and O–H groups in total. The Hall–Kier alpha value is -1.14. The zero-order valence-electron chi connectivity index (χ0n) is 11.2. The van der Waals surface area contributed by atoms with Gasteiger partial charge in [0.05, 0.1) is 12.0 Å². The summed E-state index contributed by atoms with van der Waals surface area (Å²) in [4.78, 5) is 25.5. The van der Waals surface area contributed by atoms with Crippen molar-refractivity contribution < 1.29 is 14.3 Å². The van der Waals surface area contributed by atoms with Gasteiger partial charge in [0.2, 0.25) is 0 Å². The number of hydrogen-bond acceptors (Lipinski definition) is 5. The number of nitrogens with zero attached hydrogens (tertiary/aromatic N) is 1. The van der Waals surface area contributed by atoms with Gasteiger partial charge in [-0.15, -0.1) is 0 Å². The zero-order chi connectivity index (χ0) is 13.4. The molecule has 2 aliphatic rings. The topological polar surface area (TPSA) is 70.7 Å². The molecule has 0 radical (unpaired) electrons. The first-order valence-electron chi connectivity index (χ1n) is 6.29. The number of Topliss-reactive ketones (excluding diaryl/α,β-unsaturated/α-hetero) is 1. The minimum absolute atomic E-state index is 0.108. The number of carbonyl (C=O) groups is 2. The summed E-state index contributed by atoms with van der Waals surface area (Å²) >= 11 is 0. The van der Waals surface area contributed by atoms with Crippen molar-refractivity contribution >= 4 is 11.9 Å². The van der Waals surface area contributed by atoms with Crippen molar-refractivity contribution in [2.75, 3.05) is 26.2 Å². The van der Waals surface area contributed by atoms with Gasteiger partial charge in [-0.25, -0.2) is 4.79 Å². The van der Waals surface area contributed by atoms with E-state index in [0.29, 0.717) is 26.1 Å². The summed E-state index contributed by atoms with van der Waals surface area (Å²) in [6.07, 6.45) is 0.287. The Bertz CT molecular complexity index is 356. The molecule has 6 nitrogen and oxygen atoms in total. The number of likely N-dealkylation sites (tertiary alicyclic amines) is 1. The van der Waals surface area contributed by atoms with Crippen LogP contribution in [-0.4, -0.2) is 48.6 Å². The molecule has 0 bridgehead atoms. The maximum absolute atomic E-state index is 12.2. The number of carbonyl (C=O) groups excluding carboxylic acids is 2. The summed E-state index contributed by atoms with van der Waals surface area (Å²) in [5.74, 6) is 0.108. The summed E-state index contributed by atoms with van der Waals surface area (Å²) in [6, 6.07) is 0. The van der Waals surface area contributed by atoms with Crippen molar-refractivity contribution in [1.82, 2.24) is 15.8 Å². The van der Waals surface area contributed by atoms with Crippen molar-refractivity contribution in [3.8, 4) is 0 Å². The molecule has 0 aromatic carbocycles. The van der Waals surface area contributed by atoms with E-state index in [1.165, 1.54) is 4.90 Å². The Morgan fingerprint density at radius 3 is 2.44 bits per heavy atom. The summed E-state index contributed by atoms with van der Waals surface area (Å²) in [5.41, 5.74) is 5.12. The minimum Gasteiger partial charge on any atom is -0.444 e. The normalized spacial score (nSPS) is 23.5. The smallest absolute Gasteiger partial charge is 0.410 e. The van der Waals surface area contributed by atoms with Crippen LogP contribution in [0.1, 0.15) is 27.2 Å². The SMILES string of the molecule is CC(C)(C)OC(=O)N1CCC2(CNNC2)C(=O)C1. The molecule has 1 spiro atoms. The molecule has 1 amide bonds. The van der Waals surface area contributed by atoms with Crippen LogP contribution in [0.5, 0.6) is 0 Å². The van der Waals surface area contributed by atoms with Gasteiger partial charge in [-0.2, -0.15) is 0 Å². The number of ether oxygens (including phenoxy) is 1. The summed E-state index contributed by atoms with van der Waals surface area (Å²) < 4.78 is 5.28. The van der Waals surface area contributed by atoms with Gasteiger partial charge in [-0.05, 0) is 27.2 Å². The van der Waals surface area contributed by atoms with Crippen LogP contribution in [0.4, 0.5) is 4.79 Å². The first-order chi connectivity index (χ1) is 8.32. The maximum atomic E-state index is 12.2. The van der Waals surface area contributed by atoms with E-state index in [2.05, 4.69) is 10.9 Å². The highest BCUT2D eigenvalue weighted by atomic mass is 16.6. The lowest BCUT2D eigenvalue weighted by atomic mass is 9.78. The van der Waals surface area contributed by atoms with Gasteiger partial charge >= 0.3 is 6.09 Å². The van der Waals surface area contributed by atoms with Crippen LogP contribution in [0.25, 0.3) is 0 Å². The number of ketones is 1. The van der Waals surface area contributed by atoms with Crippen LogP contribution in [-0.2, 0) is 9.53 Å². The van der Waals surface area contributed by atoms with Crippen molar-refractivity contribution in [1.29, 1.82) is 0 Å². The fraction of sp³-hybridized carbons (Fsp3) is 0.833. The van der Waals surface area contributed by atoms with E-state index in [1.807, 2.05) is 20.8 Å². The van der Waals surface area contributed by atoms with E-state index < -0.39 is 11.7 Å². The summed E-state index contributed by atoms with van der Waals surface area (Å²) in [5, 5.41) is 0. The Morgan fingerprint density at radius 1 is 1.33 bits per heavy atom. The van der Waals surface area contributed by atoms with Gasteiger partial charge in [0.1, 0.15) is 5.60 Å². The van der Waals surface area contributed by atoms with Gasteiger partial charge in [-0.3, -0.25) is 15.6 Å². The average Bonchev–Trinajstić information content (AvgIpc) is 2.69. The fourth-order valence-corrected chi connectivity index (χ4v) is 2.29. The molecule has 2 heterocycles. The van der Waals surface area contributed by atoms with Gasteiger partial charge in [0.25, 0.3) is 0 Å². The molecule has 102 valence electrons. The summed E-state index contributed by atoms with van der Waals surface area (Å²) in [7, 11) is 0. The lowest BCUT2D eigenvalue weighted by Crippen LogP contribution is -2.53. The molecule has 18 heavy (non-hydrogen) atoms.